The van der Waals surface area contributed by atoms with Crippen molar-refractivity contribution in [1.82, 2.24) is 20.2 Å². The van der Waals surface area contributed by atoms with Crippen LogP contribution in [0.3, 0.4) is 0 Å². The number of thioether (sulfide) groups is 1. The van der Waals surface area contributed by atoms with Gasteiger partial charge in [-0.3, -0.25) is 4.79 Å². The highest BCUT2D eigenvalue weighted by atomic mass is 32.2. The van der Waals surface area contributed by atoms with Crippen LogP contribution in [0.2, 0.25) is 0 Å². The van der Waals surface area contributed by atoms with E-state index in [9.17, 15) is 9.18 Å². The maximum absolute atomic E-state index is 13.0. The molecule has 0 saturated carbocycles. The molecule has 3 N–H and O–H groups in total. The zero-order chi connectivity index (χ0) is 17.5. The zero-order valence-electron chi connectivity index (χ0n) is 13.5. The van der Waals surface area contributed by atoms with Gasteiger partial charge in [-0.1, -0.05) is 11.8 Å². The highest BCUT2D eigenvalue weighted by Gasteiger charge is 2.19. The monoisotopic (exact) mass is 353 g/mol. The highest BCUT2D eigenvalue weighted by molar-refractivity contribution is 8.00. The Bertz CT molecular complexity index is 677. The summed E-state index contributed by atoms with van der Waals surface area (Å²) < 4.78 is 19.2. The van der Waals surface area contributed by atoms with Crippen molar-refractivity contribution >= 4 is 17.7 Å². The fourth-order valence-corrected chi connectivity index (χ4v) is 2.73. The number of nitrogen functional groups attached to an aromatic ring is 1. The van der Waals surface area contributed by atoms with Crippen molar-refractivity contribution < 1.29 is 13.9 Å². The number of nitrogens with two attached hydrogens (primary N) is 1. The summed E-state index contributed by atoms with van der Waals surface area (Å²) in [6.45, 7) is 2.91. The first-order valence-electron chi connectivity index (χ1n) is 7.42. The van der Waals surface area contributed by atoms with E-state index in [2.05, 4.69) is 15.5 Å². The number of hydrogen-bond acceptors (Lipinski definition) is 6. The van der Waals surface area contributed by atoms with Gasteiger partial charge in [0.15, 0.2) is 5.82 Å². The van der Waals surface area contributed by atoms with Crippen LogP contribution in [0.15, 0.2) is 29.4 Å². The lowest BCUT2D eigenvalue weighted by molar-refractivity contribution is -0.120. The average Bonchev–Trinajstić information content (AvgIpc) is 2.93. The first-order valence-corrected chi connectivity index (χ1v) is 8.30. The van der Waals surface area contributed by atoms with Crippen molar-refractivity contribution in [3.8, 4) is 11.4 Å². The number of hydrogen-bond donors (Lipinski definition) is 2. The van der Waals surface area contributed by atoms with E-state index in [0.717, 1.165) is 6.42 Å². The van der Waals surface area contributed by atoms with Gasteiger partial charge in [-0.15, -0.1) is 10.2 Å². The molecule has 1 aromatic heterocycles. The van der Waals surface area contributed by atoms with Crippen LogP contribution in [0.1, 0.15) is 13.3 Å². The van der Waals surface area contributed by atoms with E-state index in [1.54, 1.807) is 26.2 Å². The lowest BCUT2D eigenvalue weighted by atomic mass is 10.2. The van der Waals surface area contributed by atoms with Crippen LogP contribution >= 0.6 is 11.8 Å². The molecular formula is C15H20FN5O2S. The number of nitrogens with zero attached hydrogens (tertiary/aromatic N) is 3. The van der Waals surface area contributed by atoms with Gasteiger partial charge in [0.2, 0.25) is 11.1 Å². The quantitative estimate of drug-likeness (QED) is 0.423. The van der Waals surface area contributed by atoms with Crippen LogP contribution in [0, 0.1) is 5.82 Å². The Labute approximate surface area is 143 Å². The van der Waals surface area contributed by atoms with E-state index in [0.29, 0.717) is 29.7 Å². The van der Waals surface area contributed by atoms with Gasteiger partial charge in [-0.25, -0.2) is 9.07 Å². The molecule has 0 saturated heterocycles. The van der Waals surface area contributed by atoms with Crippen molar-refractivity contribution in [2.75, 3.05) is 26.1 Å². The summed E-state index contributed by atoms with van der Waals surface area (Å²) in [5, 5.41) is 10.9. The number of benzene rings is 1. The third-order valence-corrected chi connectivity index (χ3v) is 4.30. The smallest absolute Gasteiger partial charge is 0.233 e. The van der Waals surface area contributed by atoms with Gasteiger partial charge in [-0.05, 0) is 37.6 Å². The van der Waals surface area contributed by atoms with Crippen LogP contribution in [0.25, 0.3) is 11.4 Å². The molecule has 2 aromatic rings. The first kappa shape index (κ1) is 18.2. The summed E-state index contributed by atoms with van der Waals surface area (Å²) in [5.41, 5.74) is 0.648. The van der Waals surface area contributed by atoms with Crippen LogP contribution in [-0.2, 0) is 9.53 Å². The second-order valence-electron chi connectivity index (χ2n) is 5.08. The molecule has 1 unspecified atom stereocenters. The van der Waals surface area contributed by atoms with Gasteiger partial charge >= 0.3 is 0 Å². The maximum atomic E-state index is 13.0. The molecule has 1 heterocycles. The number of aromatic nitrogens is 3. The Morgan fingerprint density at radius 3 is 2.79 bits per heavy atom. The number of halogens is 1. The predicted molar refractivity (Wildman–Crippen MR) is 90.4 cm³/mol. The Morgan fingerprint density at radius 1 is 1.42 bits per heavy atom. The molecule has 0 spiro atoms. The standard InChI is InChI=1S/C15H20FN5O2S/c1-10(14(22)18-8-3-9-23-2)24-15-20-19-13(21(15)17)11-4-6-12(16)7-5-11/h4-7,10H,3,8-9,17H2,1-2H3,(H,18,22). The van der Waals surface area contributed by atoms with Crippen LogP contribution in [0.4, 0.5) is 4.39 Å². The second kappa shape index (κ2) is 8.65. The minimum Gasteiger partial charge on any atom is -0.385 e. The van der Waals surface area contributed by atoms with Gasteiger partial charge in [0.05, 0.1) is 5.25 Å². The SMILES string of the molecule is COCCCNC(=O)C(C)Sc1nnc(-c2ccc(F)cc2)n1N. The molecule has 9 heteroatoms. The summed E-state index contributed by atoms with van der Waals surface area (Å²) in [5.74, 6) is 5.95. The summed E-state index contributed by atoms with van der Waals surface area (Å²) in [6.07, 6.45) is 0.751. The number of amides is 1. The third kappa shape index (κ3) is 4.68. The first-order chi connectivity index (χ1) is 11.5. The molecule has 130 valence electrons. The van der Waals surface area contributed by atoms with Crippen molar-refractivity contribution in [2.45, 2.75) is 23.8 Å². The number of ether oxygens (including phenoxy) is 1. The maximum Gasteiger partial charge on any atom is 0.233 e. The largest absolute Gasteiger partial charge is 0.385 e. The van der Waals surface area contributed by atoms with Gasteiger partial charge in [-0.2, -0.15) is 0 Å². The molecule has 0 aliphatic carbocycles. The summed E-state index contributed by atoms with van der Waals surface area (Å²) in [7, 11) is 1.62. The second-order valence-corrected chi connectivity index (χ2v) is 6.39. The molecule has 0 aliphatic rings. The van der Waals surface area contributed by atoms with Crippen molar-refractivity contribution in [3.05, 3.63) is 30.1 Å². The van der Waals surface area contributed by atoms with Crippen LogP contribution in [0.5, 0.6) is 0 Å². The number of methoxy groups -OCH3 is 1. The Balaban J connectivity index is 1.98. The van der Waals surface area contributed by atoms with Crippen molar-refractivity contribution in [2.24, 2.45) is 0 Å². The van der Waals surface area contributed by atoms with E-state index in [1.165, 1.54) is 28.6 Å². The molecule has 1 amide bonds. The number of nitrogens with one attached hydrogen (secondary N) is 1. The van der Waals surface area contributed by atoms with E-state index in [4.69, 9.17) is 10.6 Å². The summed E-state index contributed by atoms with van der Waals surface area (Å²) >= 11 is 1.21. The molecule has 2 rings (SSSR count). The normalized spacial score (nSPS) is 12.1. The third-order valence-electron chi connectivity index (χ3n) is 3.24. The minimum absolute atomic E-state index is 0.109. The molecular weight excluding hydrogens is 333 g/mol. The Morgan fingerprint density at radius 2 is 2.12 bits per heavy atom. The predicted octanol–water partition coefficient (Wildman–Crippen LogP) is 1.43. The molecule has 0 bridgehead atoms. The van der Waals surface area contributed by atoms with E-state index < -0.39 is 0 Å². The zero-order valence-corrected chi connectivity index (χ0v) is 14.3. The fourth-order valence-electron chi connectivity index (χ4n) is 1.94. The average molecular weight is 353 g/mol. The minimum atomic E-state index is -0.375. The van der Waals surface area contributed by atoms with Gasteiger partial charge in [0.25, 0.3) is 0 Å². The molecule has 7 nitrogen and oxygen atoms in total. The number of carbonyl (C=O) groups is 1. The molecule has 1 atom stereocenters. The molecule has 0 fully saturated rings. The van der Waals surface area contributed by atoms with Crippen molar-refractivity contribution in [3.63, 3.8) is 0 Å². The molecule has 0 radical (unpaired) electrons. The van der Waals surface area contributed by atoms with E-state index in [1.807, 2.05) is 0 Å². The lowest BCUT2D eigenvalue weighted by Gasteiger charge is -2.11. The van der Waals surface area contributed by atoms with Crippen molar-refractivity contribution in [1.29, 1.82) is 0 Å². The number of carbonyl (C=O) groups excluding carboxylic acids is 1. The molecule has 1 aromatic carbocycles. The van der Waals surface area contributed by atoms with E-state index in [-0.39, 0.29) is 17.0 Å². The van der Waals surface area contributed by atoms with Gasteiger partial charge in [0.1, 0.15) is 5.82 Å². The summed E-state index contributed by atoms with van der Waals surface area (Å²) in [4.78, 5) is 12.0. The van der Waals surface area contributed by atoms with E-state index >= 15 is 0 Å². The summed E-state index contributed by atoms with van der Waals surface area (Å²) in [6, 6.07) is 5.80. The lowest BCUT2D eigenvalue weighted by Crippen LogP contribution is -2.32. The Hall–Kier alpha value is -2.13. The van der Waals surface area contributed by atoms with Crippen LogP contribution < -0.4 is 11.2 Å². The molecule has 0 aliphatic heterocycles. The van der Waals surface area contributed by atoms with Crippen LogP contribution in [-0.4, -0.2) is 46.3 Å². The number of rotatable bonds is 8. The highest BCUT2D eigenvalue weighted by Crippen LogP contribution is 2.24. The fraction of sp³-hybridized carbons (Fsp3) is 0.400. The topological polar surface area (TPSA) is 95.1 Å². The Kier molecular flexibility index (Phi) is 6.56. The molecule has 24 heavy (non-hydrogen) atoms. The van der Waals surface area contributed by atoms with Gasteiger partial charge in [0, 0.05) is 25.8 Å². The van der Waals surface area contributed by atoms with Gasteiger partial charge < -0.3 is 15.9 Å².